The van der Waals surface area contributed by atoms with Crippen molar-refractivity contribution in [1.82, 2.24) is 15.5 Å². The van der Waals surface area contributed by atoms with Crippen molar-refractivity contribution in [3.05, 3.63) is 34.9 Å². The number of unbranched alkanes of at least 4 members (excludes halogenated alkanes) is 1. The molecule has 1 aromatic rings. The molecule has 9 nitrogen and oxygen atoms in total. The number of hydrogen-bond acceptors (Lipinski definition) is 5. The van der Waals surface area contributed by atoms with Gasteiger partial charge in [0.15, 0.2) is 0 Å². The molecule has 0 aromatic heterocycles. The molecule has 192 valence electrons. The van der Waals surface area contributed by atoms with E-state index < -0.39 is 41.5 Å². The lowest BCUT2D eigenvalue weighted by atomic mass is 9.98. The minimum atomic E-state index is -1.23. The zero-order chi connectivity index (χ0) is 26.8. The second kappa shape index (κ2) is 13.4. The summed E-state index contributed by atoms with van der Waals surface area (Å²) >= 11 is 0. The molecule has 9 heteroatoms. The highest BCUT2D eigenvalue weighted by atomic mass is 16.6. The van der Waals surface area contributed by atoms with Crippen molar-refractivity contribution >= 4 is 23.8 Å². The molecular weight excluding hydrogens is 448 g/mol. The third-order valence-electron chi connectivity index (χ3n) is 4.94. The molecule has 2 atom stereocenters. The molecule has 0 saturated heterocycles. The van der Waals surface area contributed by atoms with E-state index in [2.05, 4.69) is 16.7 Å². The summed E-state index contributed by atoms with van der Waals surface area (Å²) in [6.45, 7) is 11.2. The minimum Gasteiger partial charge on any atom is -0.444 e. The van der Waals surface area contributed by atoms with Crippen molar-refractivity contribution in [3.63, 3.8) is 0 Å². The molecule has 0 radical (unpaired) electrons. The fourth-order valence-corrected chi connectivity index (χ4v) is 3.50. The Morgan fingerprint density at radius 2 is 1.74 bits per heavy atom. The van der Waals surface area contributed by atoms with Crippen LogP contribution in [0.15, 0.2) is 18.2 Å². The molecule has 1 rings (SSSR count). The van der Waals surface area contributed by atoms with Crippen LogP contribution in [0.1, 0.15) is 76.1 Å². The summed E-state index contributed by atoms with van der Waals surface area (Å²) in [7, 11) is 0. The standard InChI is InChI=1S/C26H38N4O5/c1-8-10-13-28-23(32)22(19-15-17(3)14-18(4)16-19)30(9-2)24(33)20(11-12-21(27)31)29-25(34)35-26(5,6)7/h2,14-16,20,22H,8,10-13H2,1,3-7H3,(H2,27,31)(H,28,32)(H,29,34). The van der Waals surface area contributed by atoms with Gasteiger partial charge in [-0.2, -0.15) is 0 Å². The lowest BCUT2D eigenvalue weighted by molar-refractivity contribution is -0.138. The Hall–Kier alpha value is -3.54. The molecule has 1 aromatic carbocycles. The Morgan fingerprint density at radius 3 is 2.23 bits per heavy atom. The van der Waals surface area contributed by atoms with E-state index in [1.165, 1.54) is 0 Å². The Bertz CT molecular complexity index is 941. The van der Waals surface area contributed by atoms with Crippen molar-refractivity contribution in [2.24, 2.45) is 5.73 Å². The quantitative estimate of drug-likeness (QED) is 0.251. The van der Waals surface area contributed by atoms with Crippen LogP contribution in [0.25, 0.3) is 0 Å². The van der Waals surface area contributed by atoms with E-state index in [0.717, 1.165) is 28.9 Å². The van der Waals surface area contributed by atoms with Crippen LogP contribution in [0.4, 0.5) is 4.79 Å². The summed E-state index contributed by atoms with van der Waals surface area (Å²) in [5, 5.41) is 5.31. The molecule has 0 bridgehead atoms. The number of aryl methyl sites for hydroxylation is 2. The maximum Gasteiger partial charge on any atom is 0.408 e. The summed E-state index contributed by atoms with van der Waals surface area (Å²) in [5.41, 5.74) is 6.79. The van der Waals surface area contributed by atoms with Crippen LogP contribution >= 0.6 is 0 Å². The normalized spacial score (nSPS) is 12.6. The van der Waals surface area contributed by atoms with Crippen LogP contribution in [0.5, 0.6) is 0 Å². The highest BCUT2D eigenvalue weighted by molar-refractivity contribution is 5.93. The van der Waals surface area contributed by atoms with Gasteiger partial charge in [0.1, 0.15) is 17.7 Å². The van der Waals surface area contributed by atoms with Crippen LogP contribution in [0, 0.1) is 26.3 Å². The molecule has 0 aliphatic carbocycles. The topological polar surface area (TPSA) is 131 Å². The number of primary amides is 1. The smallest absolute Gasteiger partial charge is 0.408 e. The van der Waals surface area contributed by atoms with Gasteiger partial charge in [-0.25, -0.2) is 4.79 Å². The van der Waals surface area contributed by atoms with Crippen LogP contribution in [0.3, 0.4) is 0 Å². The highest BCUT2D eigenvalue weighted by Gasteiger charge is 2.36. The largest absolute Gasteiger partial charge is 0.444 e. The molecule has 0 aliphatic rings. The van der Waals surface area contributed by atoms with Crippen molar-refractivity contribution < 1.29 is 23.9 Å². The number of carbonyl (C=O) groups is 4. The molecule has 0 saturated carbocycles. The number of nitrogens with zero attached hydrogens (tertiary/aromatic N) is 1. The second-order valence-corrected chi connectivity index (χ2v) is 9.51. The van der Waals surface area contributed by atoms with E-state index in [1.807, 2.05) is 26.8 Å². The fraction of sp³-hybridized carbons (Fsp3) is 0.538. The van der Waals surface area contributed by atoms with Gasteiger partial charge in [-0.1, -0.05) is 49.1 Å². The molecular formula is C26H38N4O5. The fourth-order valence-electron chi connectivity index (χ4n) is 3.50. The van der Waals surface area contributed by atoms with E-state index in [-0.39, 0.29) is 12.8 Å². The first kappa shape index (κ1) is 29.5. The average molecular weight is 487 g/mol. The number of hydrogen-bond donors (Lipinski definition) is 3. The van der Waals surface area contributed by atoms with Gasteiger partial charge in [0.05, 0.1) is 0 Å². The van der Waals surface area contributed by atoms with Crippen LogP contribution in [-0.4, -0.2) is 46.9 Å². The van der Waals surface area contributed by atoms with E-state index in [1.54, 1.807) is 32.9 Å². The van der Waals surface area contributed by atoms with Gasteiger partial charge in [-0.15, -0.1) is 0 Å². The highest BCUT2D eigenvalue weighted by Crippen LogP contribution is 2.25. The predicted molar refractivity (Wildman–Crippen MR) is 134 cm³/mol. The number of alkyl carbamates (subject to hydrolysis) is 1. The Labute approximate surface area is 208 Å². The molecule has 2 unspecified atom stereocenters. The van der Waals surface area contributed by atoms with Gasteiger partial charge in [-0.05, 0) is 53.0 Å². The van der Waals surface area contributed by atoms with Crippen LogP contribution in [0.2, 0.25) is 0 Å². The van der Waals surface area contributed by atoms with E-state index >= 15 is 0 Å². The Morgan fingerprint density at radius 1 is 1.14 bits per heavy atom. The Balaban J connectivity index is 3.40. The predicted octanol–water partition coefficient (Wildman–Crippen LogP) is 2.84. The van der Waals surface area contributed by atoms with Gasteiger partial charge >= 0.3 is 6.09 Å². The second-order valence-electron chi connectivity index (χ2n) is 9.51. The summed E-state index contributed by atoms with van der Waals surface area (Å²) in [6, 6.07) is 5.46. The molecule has 0 heterocycles. The first-order valence-corrected chi connectivity index (χ1v) is 11.7. The van der Waals surface area contributed by atoms with E-state index in [0.29, 0.717) is 12.1 Å². The van der Waals surface area contributed by atoms with Gasteiger partial charge in [0.2, 0.25) is 11.8 Å². The van der Waals surface area contributed by atoms with Crippen LogP contribution in [-0.2, 0) is 19.1 Å². The monoisotopic (exact) mass is 486 g/mol. The van der Waals surface area contributed by atoms with Crippen molar-refractivity contribution in [1.29, 1.82) is 0 Å². The number of nitrogens with two attached hydrogens (primary N) is 1. The first-order chi connectivity index (χ1) is 16.3. The lowest BCUT2D eigenvalue weighted by Gasteiger charge is -2.30. The molecule has 0 spiro atoms. The number of rotatable bonds is 11. The summed E-state index contributed by atoms with van der Waals surface area (Å²) < 4.78 is 5.26. The molecule has 0 fully saturated rings. The van der Waals surface area contributed by atoms with Gasteiger partial charge in [0.25, 0.3) is 5.91 Å². The third-order valence-corrected chi connectivity index (χ3v) is 4.94. The third kappa shape index (κ3) is 10.1. The summed E-state index contributed by atoms with van der Waals surface area (Å²) in [4.78, 5) is 51.6. The van der Waals surface area contributed by atoms with Crippen molar-refractivity contribution in [3.8, 4) is 12.5 Å². The molecule has 4 amide bonds. The number of ether oxygens (including phenoxy) is 1. The number of amides is 4. The zero-order valence-electron chi connectivity index (χ0n) is 21.6. The summed E-state index contributed by atoms with van der Waals surface area (Å²) in [6.07, 6.45) is 6.24. The summed E-state index contributed by atoms with van der Waals surface area (Å²) in [5.74, 6) is -1.82. The van der Waals surface area contributed by atoms with E-state index in [9.17, 15) is 19.2 Å². The molecule has 0 aliphatic heterocycles. The lowest BCUT2D eigenvalue weighted by Crippen LogP contribution is -2.51. The number of benzene rings is 1. The van der Waals surface area contributed by atoms with Gasteiger partial charge < -0.3 is 21.1 Å². The number of carbonyl (C=O) groups excluding carboxylic acids is 4. The minimum absolute atomic E-state index is 0.109. The molecule has 35 heavy (non-hydrogen) atoms. The van der Waals surface area contributed by atoms with Gasteiger partial charge in [0, 0.05) is 19.0 Å². The van der Waals surface area contributed by atoms with Crippen LogP contribution < -0.4 is 16.4 Å². The maximum absolute atomic E-state index is 13.6. The number of nitrogens with one attached hydrogen (secondary N) is 2. The van der Waals surface area contributed by atoms with Crippen molar-refractivity contribution in [2.45, 2.75) is 84.9 Å². The SMILES string of the molecule is C#CN(C(=O)C(CCC(N)=O)NC(=O)OC(C)(C)C)C(C(=O)NCCCC)c1cc(C)cc(C)c1. The molecule has 4 N–H and O–H groups in total. The number of terminal acetylenes is 1. The maximum atomic E-state index is 13.6. The first-order valence-electron chi connectivity index (χ1n) is 11.7. The Kier molecular flexibility index (Phi) is 11.3. The zero-order valence-corrected chi connectivity index (χ0v) is 21.6. The van der Waals surface area contributed by atoms with E-state index in [4.69, 9.17) is 16.9 Å². The van der Waals surface area contributed by atoms with Gasteiger partial charge in [-0.3, -0.25) is 19.3 Å². The average Bonchev–Trinajstić information content (AvgIpc) is 2.72. The van der Waals surface area contributed by atoms with Crippen molar-refractivity contribution in [2.75, 3.05) is 6.54 Å².